The van der Waals surface area contributed by atoms with Gasteiger partial charge >= 0.3 is 0 Å². The average molecular weight is 261 g/mol. The molecule has 1 rings (SSSR count). The number of hydrogen-bond acceptors (Lipinski definition) is 1. The van der Waals surface area contributed by atoms with Gasteiger partial charge < -0.3 is 10.6 Å². The highest BCUT2D eigenvalue weighted by molar-refractivity contribution is 7.80. The van der Waals surface area contributed by atoms with E-state index in [9.17, 15) is 4.39 Å². The number of hydrogen-bond donors (Lipinski definition) is 2. The Balaban J connectivity index is 2.67. The van der Waals surface area contributed by atoms with Crippen LogP contribution in [-0.2, 0) is 0 Å². The van der Waals surface area contributed by atoms with Gasteiger partial charge in [-0.3, -0.25) is 0 Å². The van der Waals surface area contributed by atoms with Gasteiger partial charge in [-0.05, 0) is 51.2 Å². The van der Waals surface area contributed by atoms with Crippen LogP contribution in [-0.4, -0.2) is 10.7 Å². The van der Waals surface area contributed by atoms with Gasteiger partial charge in [0, 0.05) is 11.2 Å². The van der Waals surface area contributed by atoms with Gasteiger partial charge in [0.25, 0.3) is 0 Å². The Morgan fingerprint density at radius 1 is 1.38 bits per heavy atom. The summed E-state index contributed by atoms with van der Waals surface area (Å²) in [5.41, 5.74) is 0.543. The normalized spacial score (nSPS) is 11.1. The molecule has 0 heterocycles. The second kappa shape index (κ2) is 4.97. The summed E-state index contributed by atoms with van der Waals surface area (Å²) in [4.78, 5) is 0. The number of halogens is 2. The van der Waals surface area contributed by atoms with E-state index in [-0.39, 0.29) is 10.6 Å². The first-order chi connectivity index (χ1) is 7.28. The van der Waals surface area contributed by atoms with Gasteiger partial charge in [0.2, 0.25) is 0 Å². The van der Waals surface area contributed by atoms with Gasteiger partial charge in [-0.1, -0.05) is 11.6 Å². The van der Waals surface area contributed by atoms with Crippen molar-refractivity contribution < 1.29 is 4.39 Å². The zero-order valence-electron chi connectivity index (χ0n) is 9.40. The predicted octanol–water partition coefficient (Wildman–Crippen LogP) is 3.56. The highest BCUT2D eigenvalue weighted by Crippen LogP contribution is 2.19. The van der Waals surface area contributed by atoms with E-state index in [0.29, 0.717) is 10.8 Å². The standard InChI is InChI=1S/C11H14ClFN2S/c1-11(2,3)15-10(16)14-7-4-5-9(13)8(12)6-7/h4-6H,1-3H3,(H2,14,15,16). The zero-order valence-corrected chi connectivity index (χ0v) is 11.0. The second-order valence-corrected chi connectivity index (χ2v) is 5.27. The van der Waals surface area contributed by atoms with Crippen LogP contribution in [0.5, 0.6) is 0 Å². The second-order valence-electron chi connectivity index (χ2n) is 4.46. The van der Waals surface area contributed by atoms with Crippen molar-refractivity contribution in [1.82, 2.24) is 5.32 Å². The summed E-state index contributed by atoms with van der Waals surface area (Å²) in [6.07, 6.45) is 0. The van der Waals surface area contributed by atoms with Gasteiger partial charge in [0.15, 0.2) is 5.11 Å². The smallest absolute Gasteiger partial charge is 0.171 e. The first kappa shape index (κ1) is 13.2. The zero-order chi connectivity index (χ0) is 12.3. The summed E-state index contributed by atoms with van der Waals surface area (Å²) in [5, 5.41) is 6.58. The third-order valence-electron chi connectivity index (χ3n) is 1.67. The quantitative estimate of drug-likeness (QED) is 0.755. The molecule has 0 saturated carbocycles. The molecule has 0 amide bonds. The van der Waals surface area contributed by atoms with Crippen LogP contribution >= 0.6 is 23.8 Å². The fraction of sp³-hybridized carbons (Fsp3) is 0.364. The van der Waals surface area contributed by atoms with Crippen LogP contribution in [0.25, 0.3) is 0 Å². The van der Waals surface area contributed by atoms with E-state index in [1.54, 1.807) is 6.07 Å². The molecule has 0 bridgehead atoms. The summed E-state index contributed by atoms with van der Waals surface area (Å²) in [5.74, 6) is -0.443. The molecule has 88 valence electrons. The summed E-state index contributed by atoms with van der Waals surface area (Å²) in [6, 6.07) is 4.37. The Kier molecular flexibility index (Phi) is 4.10. The number of anilines is 1. The number of benzene rings is 1. The lowest BCUT2D eigenvalue weighted by atomic mass is 10.1. The number of thiocarbonyl (C=S) groups is 1. The Morgan fingerprint density at radius 3 is 2.50 bits per heavy atom. The Labute approximate surface area is 105 Å². The molecule has 0 aliphatic rings. The van der Waals surface area contributed by atoms with Crippen molar-refractivity contribution in [3.63, 3.8) is 0 Å². The van der Waals surface area contributed by atoms with Crippen molar-refractivity contribution in [2.24, 2.45) is 0 Å². The molecule has 0 radical (unpaired) electrons. The van der Waals surface area contributed by atoms with E-state index >= 15 is 0 Å². The Bertz CT molecular complexity index is 401. The highest BCUT2D eigenvalue weighted by atomic mass is 35.5. The van der Waals surface area contributed by atoms with E-state index in [2.05, 4.69) is 10.6 Å². The maximum atomic E-state index is 12.9. The van der Waals surface area contributed by atoms with Crippen LogP contribution in [0, 0.1) is 5.82 Å². The molecule has 0 fully saturated rings. The van der Waals surface area contributed by atoms with E-state index in [1.165, 1.54) is 12.1 Å². The molecule has 1 aromatic rings. The third-order valence-corrected chi connectivity index (χ3v) is 2.16. The van der Waals surface area contributed by atoms with Crippen LogP contribution in [0.1, 0.15) is 20.8 Å². The lowest BCUT2D eigenvalue weighted by Crippen LogP contribution is -2.42. The van der Waals surface area contributed by atoms with Gasteiger partial charge in [0.1, 0.15) is 5.82 Å². The molecule has 0 saturated heterocycles. The monoisotopic (exact) mass is 260 g/mol. The van der Waals surface area contributed by atoms with Crippen molar-refractivity contribution in [1.29, 1.82) is 0 Å². The SMILES string of the molecule is CC(C)(C)NC(=S)Nc1ccc(F)c(Cl)c1. The van der Waals surface area contributed by atoms with E-state index < -0.39 is 5.82 Å². The predicted molar refractivity (Wildman–Crippen MR) is 70.5 cm³/mol. The molecular formula is C11H14ClFN2S. The summed E-state index contributed by atoms with van der Waals surface area (Å²) in [6.45, 7) is 6.00. The number of nitrogens with one attached hydrogen (secondary N) is 2. The minimum absolute atomic E-state index is 0.0727. The van der Waals surface area contributed by atoms with E-state index in [0.717, 1.165) is 0 Å². The van der Waals surface area contributed by atoms with Crippen LogP contribution in [0.4, 0.5) is 10.1 Å². The average Bonchev–Trinajstić information content (AvgIpc) is 2.08. The molecule has 1 aromatic carbocycles. The molecule has 0 aliphatic carbocycles. The molecule has 16 heavy (non-hydrogen) atoms. The minimum atomic E-state index is -0.443. The maximum absolute atomic E-state index is 12.9. The largest absolute Gasteiger partial charge is 0.358 e. The van der Waals surface area contributed by atoms with E-state index in [1.807, 2.05) is 20.8 Å². The molecule has 0 unspecified atom stereocenters. The van der Waals surface area contributed by atoms with E-state index in [4.69, 9.17) is 23.8 Å². The summed E-state index contributed by atoms with van der Waals surface area (Å²) < 4.78 is 12.9. The first-order valence-corrected chi connectivity index (χ1v) is 5.61. The van der Waals surface area contributed by atoms with Gasteiger partial charge in [-0.2, -0.15) is 0 Å². The van der Waals surface area contributed by atoms with Crippen LogP contribution in [0.15, 0.2) is 18.2 Å². The van der Waals surface area contributed by atoms with Gasteiger partial charge in [0.05, 0.1) is 5.02 Å². The minimum Gasteiger partial charge on any atom is -0.358 e. The molecule has 2 N–H and O–H groups in total. The lowest BCUT2D eigenvalue weighted by molar-refractivity contribution is 0.515. The van der Waals surface area contributed by atoms with Crippen molar-refractivity contribution in [3.8, 4) is 0 Å². The molecular weight excluding hydrogens is 247 g/mol. The lowest BCUT2D eigenvalue weighted by Gasteiger charge is -2.23. The topological polar surface area (TPSA) is 24.1 Å². The van der Waals surface area contributed by atoms with Crippen molar-refractivity contribution in [2.45, 2.75) is 26.3 Å². The molecule has 5 heteroatoms. The van der Waals surface area contributed by atoms with Gasteiger partial charge in [-0.15, -0.1) is 0 Å². The van der Waals surface area contributed by atoms with Crippen LogP contribution in [0.3, 0.4) is 0 Å². The molecule has 0 aliphatic heterocycles. The Morgan fingerprint density at radius 2 is 2.00 bits per heavy atom. The Hall–Kier alpha value is -0.870. The maximum Gasteiger partial charge on any atom is 0.171 e. The third kappa shape index (κ3) is 4.33. The molecule has 0 aromatic heterocycles. The van der Waals surface area contributed by atoms with Crippen molar-refractivity contribution in [2.75, 3.05) is 5.32 Å². The summed E-state index contributed by atoms with van der Waals surface area (Å²) in [7, 11) is 0. The first-order valence-electron chi connectivity index (χ1n) is 4.82. The van der Waals surface area contributed by atoms with Crippen LogP contribution in [0.2, 0.25) is 5.02 Å². The number of rotatable bonds is 1. The van der Waals surface area contributed by atoms with Crippen molar-refractivity contribution >= 4 is 34.6 Å². The fourth-order valence-electron chi connectivity index (χ4n) is 1.08. The fourth-order valence-corrected chi connectivity index (χ4v) is 1.68. The van der Waals surface area contributed by atoms with Gasteiger partial charge in [-0.25, -0.2) is 4.39 Å². The molecule has 0 atom stereocenters. The van der Waals surface area contributed by atoms with Crippen molar-refractivity contribution in [3.05, 3.63) is 29.0 Å². The molecule has 0 spiro atoms. The highest BCUT2D eigenvalue weighted by Gasteiger charge is 2.11. The van der Waals surface area contributed by atoms with Crippen LogP contribution < -0.4 is 10.6 Å². The molecule has 2 nitrogen and oxygen atoms in total. The summed E-state index contributed by atoms with van der Waals surface area (Å²) >= 11 is 10.8.